The van der Waals surface area contributed by atoms with Gasteiger partial charge >= 0.3 is 0 Å². The maximum Gasteiger partial charge on any atom is 0.240 e. The van der Waals surface area contributed by atoms with Gasteiger partial charge in [-0.2, -0.15) is 0 Å². The van der Waals surface area contributed by atoms with E-state index >= 15 is 0 Å². The maximum atomic E-state index is 12.3. The molecule has 0 saturated carbocycles. The van der Waals surface area contributed by atoms with E-state index in [0.717, 1.165) is 22.4 Å². The Labute approximate surface area is 137 Å². The second-order valence-corrected chi connectivity index (χ2v) is 7.02. The predicted molar refractivity (Wildman–Crippen MR) is 89.5 cm³/mol. The summed E-state index contributed by atoms with van der Waals surface area (Å²) in [5.41, 5.74) is 2.86. The molecule has 0 saturated heterocycles. The van der Waals surface area contributed by atoms with E-state index in [1.807, 2.05) is 26.0 Å². The first-order chi connectivity index (χ1) is 10.9. The van der Waals surface area contributed by atoms with Crippen molar-refractivity contribution in [3.05, 3.63) is 53.1 Å². The van der Waals surface area contributed by atoms with E-state index in [-0.39, 0.29) is 11.4 Å². The summed E-state index contributed by atoms with van der Waals surface area (Å²) in [4.78, 5) is 0.209. The van der Waals surface area contributed by atoms with Crippen LogP contribution < -0.4 is 14.2 Å². The lowest BCUT2D eigenvalue weighted by Crippen LogP contribution is -2.23. The van der Waals surface area contributed by atoms with Crippen molar-refractivity contribution in [1.29, 1.82) is 0 Å². The SMILES string of the molecule is COc1ccc(S(=O)(=O)NCc2cc(C)c(OC)cc2C)cc1. The van der Waals surface area contributed by atoms with Gasteiger partial charge in [-0.1, -0.05) is 6.07 Å². The Kier molecular flexibility index (Phi) is 5.28. The number of aryl methyl sites for hydroxylation is 2. The average Bonchev–Trinajstić information content (AvgIpc) is 2.55. The van der Waals surface area contributed by atoms with E-state index in [1.54, 1.807) is 19.2 Å². The molecule has 2 rings (SSSR count). The van der Waals surface area contributed by atoms with Crippen molar-refractivity contribution in [2.75, 3.05) is 14.2 Å². The minimum atomic E-state index is -3.57. The van der Waals surface area contributed by atoms with Gasteiger partial charge in [-0.25, -0.2) is 13.1 Å². The number of ether oxygens (including phenoxy) is 2. The lowest BCUT2D eigenvalue weighted by atomic mass is 10.0. The summed E-state index contributed by atoms with van der Waals surface area (Å²) in [5.74, 6) is 1.41. The Balaban J connectivity index is 2.17. The molecule has 1 N–H and O–H groups in total. The molecule has 23 heavy (non-hydrogen) atoms. The molecule has 0 aliphatic heterocycles. The summed E-state index contributed by atoms with van der Waals surface area (Å²) in [7, 11) is -0.408. The molecule has 0 spiro atoms. The smallest absolute Gasteiger partial charge is 0.240 e. The van der Waals surface area contributed by atoms with Crippen molar-refractivity contribution < 1.29 is 17.9 Å². The van der Waals surface area contributed by atoms with Gasteiger partial charge < -0.3 is 9.47 Å². The third kappa shape index (κ3) is 4.03. The molecule has 0 aliphatic rings. The molecule has 0 amide bonds. The molecule has 0 unspecified atom stereocenters. The summed E-state index contributed by atoms with van der Waals surface area (Å²) >= 11 is 0. The third-order valence-electron chi connectivity index (χ3n) is 3.68. The Hall–Kier alpha value is -2.05. The van der Waals surface area contributed by atoms with Crippen molar-refractivity contribution in [1.82, 2.24) is 4.72 Å². The fraction of sp³-hybridized carbons (Fsp3) is 0.294. The standard InChI is InChI=1S/C17H21NO4S/c1-12-10-17(22-4)13(2)9-14(12)11-18-23(19,20)16-7-5-15(21-3)6-8-16/h5-10,18H,11H2,1-4H3. The Morgan fingerprint density at radius 2 is 1.61 bits per heavy atom. The van der Waals surface area contributed by atoms with Crippen molar-refractivity contribution in [2.45, 2.75) is 25.3 Å². The fourth-order valence-corrected chi connectivity index (χ4v) is 3.28. The van der Waals surface area contributed by atoms with Crippen LogP contribution in [-0.4, -0.2) is 22.6 Å². The van der Waals surface area contributed by atoms with Gasteiger partial charge in [0.25, 0.3) is 0 Å². The third-order valence-corrected chi connectivity index (χ3v) is 5.09. The van der Waals surface area contributed by atoms with Crippen LogP contribution in [0.2, 0.25) is 0 Å². The summed E-state index contributed by atoms with van der Waals surface area (Å²) in [6.07, 6.45) is 0. The molecule has 0 heterocycles. The van der Waals surface area contributed by atoms with Crippen molar-refractivity contribution >= 4 is 10.0 Å². The van der Waals surface area contributed by atoms with Gasteiger partial charge in [-0.15, -0.1) is 0 Å². The Morgan fingerprint density at radius 1 is 0.957 bits per heavy atom. The van der Waals surface area contributed by atoms with Crippen molar-refractivity contribution in [2.24, 2.45) is 0 Å². The summed E-state index contributed by atoms with van der Waals surface area (Å²) in [6.45, 7) is 4.09. The van der Waals surface area contributed by atoms with Crippen LogP contribution in [0, 0.1) is 13.8 Å². The topological polar surface area (TPSA) is 64.6 Å². The summed E-state index contributed by atoms with van der Waals surface area (Å²) in [5, 5.41) is 0. The van der Waals surface area contributed by atoms with E-state index in [2.05, 4.69) is 4.72 Å². The van der Waals surface area contributed by atoms with Crippen LogP contribution in [0.3, 0.4) is 0 Å². The second-order valence-electron chi connectivity index (χ2n) is 5.25. The lowest BCUT2D eigenvalue weighted by Gasteiger charge is -2.12. The molecule has 0 atom stereocenters. The first-order valence-corrected chi connectivity index (χ1v) is 8.63. The van der Waals surface area contributed by atoms with E-state index in [9.17, 15) is 8.42 Å². The van der Waals surface area contributed by atoms with Crippen LogP contribution in [0.25, 0.3) is 0 Å². The molecule has 5 nitrogen and oxygen atoms in total. The monoisotopic (exact) mass is 335 g/mol. The molecule has 0 aromatic heterocycles. The number of rotatable bonds is 6. The zero-order valence-electron chi connectivity index (χ0n) is 13.7. The minimum Gasteiger partial charge on any atom is -0.497 e. The van der Waals surface area contributed by atoms with E-state index in [1.165, 1.54) is 19.2 Å². The van der Waals surface area contributed by atoms with Gasteiger partial charge in [0.05, 0.1) is 19.1 Å². The zero-order chi connectivity index (χ0) is 17.0. The zero-order valence-corrected chi connectivity index (χ0v) is 14.5. The van der Waals surface area contributed by atoms with E-state index < -0.39 is 10.0 Å². The quantitative estimate of drug-likeness (QED) is 0.882. The largest absolute Gasteiger partial charge is 0.497 e. The van der Waals surface area contributed by atoms with Crippen LogP contribution >= 0.6 is 0 Å². The number of benzene rings is 2. The molecule has 0 bridgehead atoms. The van der Waals surface area contributed by atoms with E-state index in [4.69, 9.17) is 9.47 Å². The van der Waals surface area contributed by atoms with Crippen molar-refractivity contribution in [3.63, 3.8) is 0 Å². The van der Waals surface area contributed by atoms with Crippen molar-refractivity contribution in [3.8, 4) is 11.5 Å². The highest BCUT2D eigenvalue weighted by molar-refractivity contribution is 7.89. The molecule has 2 aromatic rings. The van der Waals surface area contributed by atoms with Gasteiger partial charge in [0, 0.05) is 6.54 Å². The Morgan fingerprint density at radius 3 is 2.17 bits per heavy atom. The first-order valence-electron chi connectivity index (χ1n) is 7.15. The molecule has 6 heteroatoms. The van der Waals surface area contributed by atoms with Crippen LogP contribution in [-0.2, 0) is 16.6 Å². The second kappa shape index (κ2) is 7.02. The highest BCUT2D eigenvalue weighted by Gasteiger charge is 2.15. The normalized spacial score (nSPS) is 11.3. The molecule has 0 radical (unpaired) electrons. The molecule has 0 aliphatic carbocycles. The molecular formula is C17H21NO4S. The number of hydrogen-bond acceptors (Lipinski definition) is 4. The molecule has 124 valence electrons. The van der Waals surface area contributed by atoms with Gasteiger partial charge in [-0.05, 0) is 60.9 Å². The van der Waals surface area contributed by atoms with Crippen LogP contribution in [0.5, 0.6) is 11.5 Å². The maximum absolute atomic E-state index is 12.3. The molecular weight excluding hydrogens is 314 g/mol. The number of nitrogens with one attached hydrogen (secondary N) is 1. The van der Waals surface area contributed by atoms with Crippen LogP contribution in [0.1, 0.15) is 16.7 Å². The average molecular weight is 335 g/mol. The Bertz CT molecular complexity index is 783. The number of methoxy groups -OCH3 is 2. The lowest BCUT2D eigenvalue weighted by molar-refractivity contribution is 0.411. The van der Waals surface area contributed by atoms with Gasteiger partial charge in [0.1, 0.15) is 11.5 Å². The minimum absolute atomic E-state index is 0.209. The van der Waals surface area contributed by atoms with Gasteiger partial charge in [0.15, 0.2) is 0 Å². The predicted octanol–water partition coefficient (Wildman–Crippen LogP) is 2.80. The molecule has 0 fully saturated rings. The molecule has 2 aromatic carbocycles. The van der Waals surface area contributed by atoms with Gasteiger partial charge in [-0.3, -0.25) is 0 Å². The fourth-order valence-electron chi connectivity index (χ4n) is 2.27. The van der Waals surface area contributed by atoms with Gasteiger partial charge in [0.2, 0.25) is 10.0 Å². The number of hydrogen-bond donors (Lipinski definition) is 1. The highest BCUT2D eigenvalue weighted by atomic mass is 32.2. The van der Waals surface area contributed by atoms with Crippen LogP contribution in [0.4, 0.5) is 0 Å². The highest BCUT2D eigenvalue weighted by Crippen LogP contribution is 2.23. The first kappa shape index (κ1) is 17.3. The van der Waals surface area contributed by atoms with Crippen LogP contribution in [0.15, 0.2) is 41.3 Å². The van der Waals surface area contributed by atoms with E-state index in [0.29, 0.717) is 5.75 Å². The summed E-state index contributed by atoms with van der Waals surface area (Å²) < 4.78 is 37.6. The number of sulfonamides is 1. The summed E-state index contributed by atoms with van der Waals surface area (Å²) in [6, 6.07) is 10.1.